The Labute approximate surface area is 195 Å². The van der Waals surface area contributed by atoms with Gasteiger partial charge in [-0.25, -0.2) is 9.37 Å². The van der Waals surface area contributed by atoms with E-state index < -0.39 is 11.7 Å². The lowest BCUT2D eigenvalue weighted by Crippen LogP contribution is -2.22. The summed E-state index contributed by atoms with van der Waals surface area (Å²) in [5, 5.41) is 3.03. The molecule has 1 aromatic heterocycles. The average Bonchev–Trinajstić information content (AvgIpc) is 2.82. The van der Waals surface area contributed by atoms with Crippen molar-refractivity contribution in [2.45, 2.75) is 20.8 Å². The summed E-state index contributed by atoms with van der Waals surface area (Å²) in [6.07, 6.45) is 0. The first-order valence-electron chi connectivity index (χ1n) is 10.9. The van der Waals surface area contributed by atoms with Crippen LogP contribution in [0.1, 0.15) is 30.0 Å². The van der Waals surface area contributed by atoms with Crippen molar-refractivity contribution in [3.05, 3.63) is 88.2 Å². The molecule has 0 saturated carbocycles. The number of benzene rings is 3. The van der Waals surface area contributed by atoms with Gasteiger partial charge in [-0.05, 0) is 69.3 Å². The Morgan fingerprint density at radius 2 is 1.74 bits per heavy atom. The lowest BCUT2D eigenvalue weighted by Gasteiger charge is -2.14. The maximum absolute atomic E-state index is 14.6. The molecule has 0 fully saturated rings. The van der Waals surface area contributed by atoms with Gasteiger partial charge in [-0.15, -0.1) is 0 Å². The first kappa shape index (κ1) is 23.0. The average molecular weight is 461 g/mol. The second kappa shape index (κ2) is 9.74. The number of ether oxygens (including phenoxy) is 2. The monoisotopic (exact) mass is 461 g/mol. The summed E-state index contributed by atoms with van der Waals surface area (Å²) in [6.45, 7) is 6.23. The maximum atomic E-state index is 14.6. The van der Waals surface area contributed by atoms with Crippen molar-refractivity contribution in [3.8, 4) is 17.2 Å². The van der Waals surface area contributed by atoms with Crippen LogP contribution in [0, 0.1) is 12.7 Å². The summed E-state index contributed by atoms with van der Waals surface area (Å²) in [5.74, 6) is 0.233. The highest BCUT2D eigenvalue weighted by atomic mass is 19.1. The number of nitrogens with one attached hydrogen (secondary N) is 1. The normalized spacial score (nSPS) is 10.8. The van der Waals surface area contributed by atoms with Crippen LogP contribution in [0.25, 0.3) is 16.6 Å². The smallest absolute Gasteiger partial charge is 0.265 e. The SMILES string of the molecule is CCOc1ccc(C(=O)Nc2cc(-n3c(C)nc4ccccc4c3=O)ccc2F)cc1OCC. The molecule has 0 atom stereocenters. The van der Waals surface area contributed by atoms with Crippen LogP contribution in [0.5, 0.6) is 11.5 Å². The number of hydrogen-bond acceptors (Lipinski definition) is 5. The Kier molecular flexibility index (Phi) is 6.58. The van der Waals surface area contributed by atoms with Crippen molar-refractivity contribution in [2.75, 3.05) is 18.5 Å². The van der Waals surface area contributed by atoms with Crippen molar-refractivity contribution in [1.29, 1.82) is 0 Å². The van der Waals surface area contributed by atoms with Gasteiger partial charge in [0.25, 0.3) is 11.5 Å². The van der Waals surface area contributed by atoms with E-state index >= 15 is 0 Å². The summed E-state index contributed by atoms with van der Waals surface area (Å²) < 4.78 is 27.1. The second-order valence-corrected chi connectivity index (χ2v) is 7.46. The quantitative estimate of drug-likeness (QED) is 0.424. The molecule has 0 spiro atoms. The van der Waals surface area contributed by atoms with Gasteiger partial charge in [0.15, 0.2) is 11.5 Å². The Morgan fingerprint density at radius 3 is 2.50 bits per heavy atom. The zero-order valence-electron chi connectivity index (χ0n) is 19.1. The molecule has 0 aliphatic heterocycles. The number of carbonyl (C=O) groups excluding carboxylic acids is 1. The highest BCUT2D eigenvalue weighted by Gasteiger charge is 2.16. The molecule has 1 N–H and O–H groups in total. The van der Waals surface area contributed by atoms with Gasteiger partial charge < -0.3 is 14.8 Å². The van der Waals surface area contributed by atoms with Gasteiger partial charge in [0.05, 0.1) is 35.5 Å². The van der Waals surface area contributed by atoms with E-state index in [0.717, 1.165) is 0 Å². The standard InChI is InChI=1S/C26H24FN3O4/c1-4-33-23-13-10-17(14-24(23)34-5-2)25(31)29-22-15-18(11-12-20(22)27)30-16(3)28-21-9-7-6-8-19(21)26(30)32/h6-15H,4-5H2,1-3H3,(H,29,31). The van der Waals surface area contributed by atoms with Crippen LogP contribution in [0.4, 0.5) is 10.1 Å². The van der Waals surface area contributed by atoms with Crippen molar-refractivity contribution >= 4 is 22.5 Å². The fraction of sp³-hybridized carbons (Fsp3) is 0.192. The number of nitrogens with zero attached hydrogens (tertiary/aromatic N) is 2. The number of hydrogen-bond donors (Lipinski definition) is 1. The van der Waals surface area contributed by atoms with Crippen molar-refractivity contribution in [2.24, 2.45) is 0 Å². The fourth-order valence-electron chi connectivity index (χ4n) is 3.68. The van der Waals surface area contributed by atoms with Gasteiger partial charge in [-0.3, -0.25) is 14.2 Å². The summed E-state index contributed by atoms with van der Waals surface area (Å²) in [5.41, 5.74) is 0.905. The number of aryl methyl sites for hydroxylation is 1. The van der Waals surface area contributed by atoms with E-state index in [2.05, 4.69) is 10.3 Å². The summed E-state index contributed by atoms with van der Waals surface area (Å²) in [6, 6.07) is 15.9. The van der Waals surface area contributed by atoms with Gasteiger partial charge in [0, 0.05) is 5.56 Å². The third-order valence-electron chi connectivity index (χ3n) is 5.21. The van der Waals surface area contributed by atoms with E-state index in [1.165, 1.54) is 22.8 Å². The van der Waals surface area contributed by atoms with E-state index in [-0.39, 0.29) is 16.8 Å². The number of halogens is 1. The molecule has 174 valence electrons. The van der Waals surface area contributed by atoms with Crippen molar-refractivity contribution < 1.29 is 18.7 Å². The lowest BCUT2D eigenvalue weighted by molar-refractivity contribution is 0.102. The number of aromatic nitrogens is 2. The Bertz CT molecular complexity index is 1430. The molecule has 1 heterocycles. The minimum absolute atomic E-state index is 0.0613. The number of fused-ring (bicyclic) bond motifs is 1. The topological polar surface area (TPSA) is 82.5 Å². The number of anilines is 1. The fourth-order valence-corrected chi connectivity index (χ4v) is 3.68. The minimum atomic E-state index is -0.632. The predicted molar refractivity (Wildman–Crippen MR) is 129 cm³/mol. The van der Waals surface area contributed by atoms with E-state index in [4.69, 9.17) is 9.47 Å². The van der Waals surface area contributed by atoms with Gasteiger partial charge in [0.2, 0.25) is 0 Å². The van der Waals surface area contributed by atoms with E-state index in [1.54, 1.807) is 43.3 Å². The van der Waals surface area contributed by atoms with Crippen LogP contribution in [-0.2, 0) is 0 Å². The summed E-state index contributed by atoms with van der Waals surface area (Å²) in [4.78, 5) is 30.5. The zero-order chi connectivity index (χ0) is 24.2. The Balaban J connectivity index is 1.69. The zero-order valence-corrected chi connectivity index (χ0v) is 19.1. The van der Waals surface area contributed by atoms with Crippen molar-refractivity contribution in [3.63, 3.8) is 0 Å². The van der Waals surface area contributed by atoms with Gasteiger partial charge in [-0.2, -0.15) is 0 Å². The Morgan fingerprint density at radius 1 is 1.00 bits per heavy atom. The van der Waals surface area contributed by atoms with Gasteiger partial charge in [-0.1, -0.05) is 12.1 Å². The van der Waals surface area contributed by atoms with Gasteiger partial charge >= 0.3 is 0 Å². The molecular weight excluding hydrogens is 437 g/mol. The number of amides is 1. The number of para-hydroxylation sites is 1. The molecule has 0 unspecified atom stereocenters. The lowest BCUT2D eigenvalue weighted by atomic mass is 10.1. The first-order valence-corrected chi connectivity index (χ1v) is 10.9. The van der Waals surface area contributed by atoms with E-state index in [9.17, 15) is 14.0 Å². The van der Waals surface area contributed by atoms with Crippen LogP contribution in [0.15, 0.2) is 65.5 Å². The molecule has 7 nitrogen and oxygen atoms in total. The molecule has 0 saturated heterocycles. The molecule has 0 aliphatic carbocycles. The molecule has 8 heteroatoms. The molecule has 4 rings (SSSR count). The van der Waals surface area contributed by atoms with Crippen LogP contribution >= 0.6 is 0 Å². The summed E-state index contributed by atoms with van der Waals surface area (Å²) in [7, 11) is 0. The molecule has 0 bridgehead atoms. The molecule has 0 radical (unpaired) electrons. The van der Waals surface area contributed by atoms with Crippen LogP contribution in [0.2, 0.25) is 0 Å². The predicted octanol–water partition coefficient (Wildman–Crippen LogP) is 4.88. The van der Waals surface area contributed by atoms with Gasteiger partial charge in [0.1, 0.15) is 11.6 Å². The third kappa shape index (κ3) is 4.47. The molecule has 34 heavy (non-hydrogen) atoms. The molecule has 4 aromatic rings. The maximum Gasteiger partial charge on any atom is 0.265 e. The van der Waals surface area contributed by atoms with Crippen LogP contribution in [0.3, 0.4) is 0 Å². The molecule has 1 amide bonds. The summed E-state index contributed by atoms with van der Waals surface area (Å²) >= 11 is 0. The largest absolute Gasteiger partial charge is 0.490 e. The highest BCUT2D eigenvalue weighted by molar-refractivity contribution is 6.04. The van der Waals surface area contributed by atoms with E-state index in [0.29, 0.717) is 47.1 Å². The third-order valence-corrected chi connectivity index (χ3v) is 5.21. The van der Waals surface area contributed by atoms with E-state index in [1.807, 2.05) is 19.9 Å². The number of carbonyl (C=O) groups is 1. The molecular formula is C26H24FN3O4. The first-order chi connectivity index (χ1) is 16.4. The molecule has 3 aromatic carbocycles. The van der Waals surface area contributed by atoms with Crippen LogP contribution in [-0.4, -0.2) is 28.7 Å². The molecule has 0 aliphatic rings. The number of rotatable bonds is 7. The highest BCUT2D eigenvalue weighted by Crippen LogP contribution is 2.29. The minimum Gasteiger partial charge on any atom is -0.490 e. The van der Waals surface area contributed by atoms with Crippen molar-refractivity contribution in [1.82, 2.24) is 9.55 Å². The Hall–Kier alpha value is -4.20. The second-order valence-electron chi connectivity index (χ2n) is 7.46. The van der Waals surface area contributed by atoms with Crippen LogP contribution < -0.4 is 20.3 Å².